The monoisotopic (exact) mass is 353 g/mol. The third-order valence-electron chi connectivity index (χ3n) is 4.81. The largest absolute Gasteiger partial charge is 0.491 e. The molecule has 0 bridgehead atoms. The van der Waals surface area contributed by atoms with Crippen LogP contribution in [0.15, 0.2) is 42.7 Å². The Morgan fingerprint density at radius 2 is 1.92 bits per heavy atom. The number of benzene rings is 1. The van der Waals surface area contributed by atoms with Gasteiger partial charge >= 0.3 is 6.03 Å². The number of hydrogen-bond acceptors (Lipinski definition) is 5. The van der Waals surface area contributed by atoms with Crippen LogP contribution < -0.4 is 20.3 Å². The molecular formula is C19H23N5O2. The van der Waals surface area contributed by atoms with Gasteiger partial charge in [-0.05, 0) is 37.0 Å². The minimum Gasteiger partial charge on any atom is -0.491 e. The molecule has 3 heterocycles. The van der Waals surface area contributed by atoms with E-state index in [1.165, 1.54) is 0 Å². The van der Waals surface area contributed by atoms with E-state index in [-0.39, 0.29) is 18.1 Å². The highest BCUT2D eigenvalue weighted by Crippen LogP contribution is 2.23. The number of hydrogen-bond donors (Lipinski definition) is 2. The number of nitrogens with one attached hydrogen (secondary N) is 2. The van der Waals surface area contributed by atoms with Crippen molar-refractivity contribution >= 4 is 12.0 Å². The predicted octanol–water partition coefficient (Wildman–Crippen LogP) is 1.75. The van der Waals surface area contributed by atoms with Crippen molar-refractivity contribution in [3.05, 3.63) is 48.3 Å². The second kappa shape index (κ2) is 7.59. The number of para-hydroxylation sites is 1. The van der Waals surface area contributed by atoms with Crippen molar-refractivity contribution in [1.82, 2.24) is 20.6 Å². The molecule has 136 valence electrons. The van der Waals surface area contributed by atoms with Crippen LogP contribution >= 0.6 is 0 Å². The van der Waals surface area contributed by atoms with E-state index in [9.17, 15) is 4.79 Å². The van der Waals surface area contributed by atoms with Crippen LogP contribution in [0.5, 0.6) is 5.75 Å². The summed E-state index contributed by atoms with van der Waals surface area (Å²) in [6, 6.07) is 9.71. The summed E-state index contributed by atoms with van der Waals surface area (Å²) >= 11 is 0. The highest BCUT2D eigenvalue weighted by molar-refractivity contribution is 5.74. The number of fused-ring (bicyclic) bond motifs is 1. The van der Waals surface area contributed by atoms with Crippen molar-refractivity contribution in [2.24, 2.45) is 0 Å². The summed E-state index contributed by atoms with van der Waals surface area (Å²) in [6.45, 7) is 2.14. The summed E-state index contributed by atoms with van der Waals surface area (Å²) in [7, 11) is 0. The van der Waals surface area contributed by atoms with Crippen LogP contribution in [0.1, 0.15) is 18.4 Å². The molecule has 7 heteroatoms. The Balaban J connectivity index is 1.30. The van der Waals surface area contributed by atoms with Crippen LogP contribution in [0.3, 0.4) is 0 Å². The van der Waals surface area contributed by atoms with Gasteiger partial charge in [-0.25, -0.2) is 14.8 Å². The minimum absolute atomic E-state index is 0.0120. The molecule has 2 unspecified atom stereocenters. The highest BCUT2D eigenvalue weighted by atomic mass is 16.5. The van der Waals surface area contributed by atoms with E-state index in [0.717, 1.165) is 49.6 Å². The highest BCUT2D eigenvalue weighted by Gasteiger charge is 2.25. The van der Waals surface area contributed by atoms with Crippen LogP contribution in [0, 0.1) is 0 Å². The summed E-state index contributed by atoms with van der Waals surface area (Å²) in [4.78, 5) is 23.1. The Morgan fingerprint density at radius 3 is 2.81 bits per heavy atom. The maximum atomic E-state index is 12.4. The lowest BCUT2D eigenvalue weighted by Crippen LogP contribution is -2.54. The Kier molecular flexibility index (Phi) is 4.86. The van der Waals surface area contributed by atoms with Gasteiger partial charge in [0.25, 0.3) is 0 Å². The van der Waals surface area contributed by atoms with Gasteiger partial charge in [0.05, 0.1) is 6.04 Å². The van der Waals surface area contributed by atoms with Gasteiger partial charge in [-0.1, -0.05) is 18.2 Å². The number of aromatic nitrogens is 2. The van der Waals surface area contributed by atoms with E-state index >= 15 is 0 Å². The fraction of sp³-hybridized carbons (Fsp3) is 0.421. The zero-order valence-corrected chi connectivity index (χ0v) is 14.6. The van der Waals surface area contributed by atoms with Gasteiger partial charge in [0, 0.05) is 31.5 Å². The maximum absolute atomic E-state index is 12.4. The van der Waals surface area contributed by atoms with Crippen molar-refractivity contribution in [3.63, 3.8) is 0 Å². The topological polar surface area (TPSA) is 79.4 Å². The number of urea groups is 1. The lowest BCUT2D eigenvalue weighted by molar-refractivity contribution is 0.210. The lowest BCUT2D eigenvalue weighted by atomic mass is 10.0. The molecule has 1 saturated heterocycles. The molecule has 2 aliphatic heterocycles. The molecule has 1 fully saturated rings. The molecule has 26 heavy (non-hydrogen) atoms. The number of nitrogens with zero attached hydrogens (tertiary/aromatic N) is 3. The lowest BCUT2D eigenvalue weighted by Gasteiger charge is -2.33. The number of anilines is 1. The Morgan fingerprint density at radius 1 is 1.12 bits per heavy atom. The van der Waals surface area contributed by atoms with Gasteiger partial charge in [0.15, 0.2) is 0 Å². The number of carbonyl (C=O) groups excluding carboxylic acids is 1. The number of amides is 2. The van der Waals surface area contributed by atoms with Crippen molar-refractivity contribution < 1.29 is 9.53 Å². The van der Waals surface area contributed by atoms with E-state index in [0.29, 0.717) is 6.61 Å². The normalized spacial score (nSPS) is 22.1. The molecule has 0 spiro atoms. The summed E-state index contributed by atoms with van der Waals surface area (Å²) in [5, 5.41) is 6.12. The smallest absolute Gasteiger partial charge is 0.315 e. The molecular weight excluding hydrogens is 330 g/mol. The summed E-state index contributed by atoms with van der Waals surface area (Å²) < 4.78 is 5.73. The van der Waals surface area contributed by atoms with Gasteiger partial charge in [-0.3, -0.25) is 0 Å². The quantitative estimate of drug-likeness (QED) is 0.879. The summed E-state index contributed by atoms with van der Waals surface area (Å²) in [5.41, 5.74) is 1.13. The Bertz CT molecular complexity index is 755. The molecule has 2 atom stereocenters. The zero-order valence-electron chi connectivity index (χ0n) is 14.6. The number of rotatable bonds is 3. The van der Waals surface area contributed by atoms with Crippen LogP contribution in [0.25, 0.3) is 0 Å². The van der Waals surface area contributed by atoms with E-state index in [4.69, 9.17) is 4.74 Å². The molecule has 0 saturated carbocycles. The minimum atomic E-state index is -0.140. The van der Waals surface area contributed by atoms with Crippen LogP contribution in [-0.2, 0) is 6.42 Å². The average Bonchev–Trinajstić information content (AvgIpc) is 2.69. The standard InChI is InChI=1S/C19H23N5O2/c25-19(23-16-11-14-5-1-2-7-17(14)26-13-16)22-15-6-3-10-24(12-15)18-20-8-4-9-21-18/h1-2,4-5,7-9,15-16H,3,6,10-13H2,(H2,22,23,25). The number of piperidine rings is 1. The van der Waals surface area contributed by atoms with Crippen molar-refractivity contribution in [1.29, 1.82) is 0 Å². The SMILES string of the molecule is O=C(NC1COc2ccccc2C1)NC1CCCN(c2ncccn2)C1. The van der Waals surface area contributed by atoms with Crippen LogP contribution in [0.4, 0.5) is 10.7 Å². The molecule has 1 aromatic heterocycles. The first-order valence-corrected chi connectivity index (χ1v) is 9.07. The third kappa shape index (κ3) is 3.87. The molecule has 2 N–H and O–H groups in total. The molecule has 0 aliphatic carbocycles. The zero-order chi connectivity index (χ0) is 17.8. The first-order valence-electron chi connectivity index (χ1n) is 9.07. The van der Waals surface area contributed by atoms with Crippen molar-refractivity contribution in [2.75, 3.05) is 24.6 Å². The molecule has 1 aromatic carbocycles. The van der Waals surface area contributed by atoms with Crippen LogP contribution in [-0.4, -0.2) is 47.8 Å². The second-order valence-corrected chi connectivity index (χ2v) is 6.77. The molecule has 4 rings (SSSR count). The third-order valence-corrected chi connectivity index (χ3v) is 4.81. The van der Waals surface area contributed by atoms with Gasteiger partial charge in [0.2, 0.25) is 5.95 Å². The summed E-state index contributed by atoms with van der Waals surface area (Å²) in [6.07, 6.45) is 6.24. The Hall–Kier alpha value is -2.83. The predicted molar refractivity (Wildman–Crippen MR) is 98.4 cm³/mol. The fourth-order valence-corrected chi connectivity index (χ4v) is 3.56. The molecule has 7 nitrogen and oxygen atoms in total. The number of ether oxygens (including phenoxy) is 1. The fourth-order valence-electron chi connectivity index (χ4n) is 3.56. The van der Waals surface area contributed by atoms with Gasteiger partial charge in [-0.15, -0.1) is 0 Å². The maximum Gasteiger partial charge on any atom is 0.315 e. The van der Waals surface area contributed by atoms with Crippen molar-refractivity contribution in [3.8, 4) is 5.75 Å². The van der Waals surface area contributed by atoms with Gasteiger partial charge in [-0.2, -0.15) is 0 Å². The van der Waals surface area contributed by atoms with Crippen LogP contribution in [0.2, 0.25) is 0 Å². The second-order valence-electron chi connectivity index (χ2n) is 6.77. The van der Waals surface area contributed by atoms with E-state index < -0.39 is 0 Å². The first kappa shape index (κ1) is 16.6. The van der Waals surface area contributed by atoms with Gasteiger partial charge in [0.1, 0.15) is 12.4 Å². The van der Waals surface area contributed by atoms with Crippen molar-refractivity contribution in [2.45, 2.75) is 31.3 Å². The molecule has 2 amide bonds. The Labute approximate surface area is 152 Å². The number of carbonyl (C=O) groups is 1. The molecule has 2 aromatic rings. The summed E-state index contributed by atoms with van der Waals surface area (Å²) in [5.74, 6) is 1.63. The average molecular weight is 353 g/mol. The molecule has 0 radical (unpaired) electrons. The van der Waals surface area contributed by atoms with E-state index in [1.807, 2.05) is 24.3 Å². The first-order chi connectivity index (χ1) is 12.8. The molecule has 2 aliphatic rings. The van der Waals surface area contributed by atoms with Gasteiger partial charge < -0.3 is 20.3 Å². The van der Waals surface area contributed by atoms with E-state index in [2.05, 4.69) is 25.5 Å². The van der Waals surface area contributed by atoms with E-state index in [1.54, 1.807) is 18.5 Å².